The van der Waals surface area contributed by atoms with Gasteiger partial charge in [-0.2, -0.15) is 0 Å². The quantitative estimate of drug-likeness (QED) is 0.264. The Kier molecular flexibility index (Phi) is 13.5. The van der Waals surface area contributed by atoms with Crippen molar-refractivity contribution < 1.29 is 4.74 Å². The van der Waals surface area contributed by atoms with Crippen molar-refractivity contribution in [2.24, 2.45) is 4.99 Å². The van der Waals surface area contributed by atoms with Gasteiger partial charge in [0.15, 0.2) is 5.96 Å². The molecule has 0 amide bonds. The van der Waals surface area contributed by atoms with E-state index in [2.05, 4.69) is 29.4 Å². The summed E-state index contributed by atoms with van der Waals surface area (Å²) in [4.78, 5) is 7.32. The molecule has 0 aromatic carbocycles. The van der Waals surface area contributed by atoms with Crippen LogP contribution in [-0.4, -0.2) is 63.3 Å². The molecule has 2 N–H and O–H groups in total. The molecule has 5 nitrogen and oxygen atoms in total. The molecule has 0 spiro atoms. The molecule has 0 aliphatic carbocycles. The first-order chi connectivity index (χ1) is 9.81. The van der Waals surface area contributed by atoms with Gasteiger partial charge in [0, 0.05) is 32.8 Å². The molecule has 1 fully saturated rings. The third-order valence-electron chi connectivity index (χ3n) is 3.75. The predicted octanol–water partition coefficient (Wildman–Crippen LogP) is 2.07. The van der Waals surface area contributed by atoms with Crippen LogP contribution in [0.3, 0.4) is 0 Å². The fraction of sp³-hybridized carbons (Fsp3) is 0.933. The molecular weight excluding hydrogens is 379 g/mol. The second kappa shape index (κ2) is 13.6. The van der Waals surface area contributed by atoms with Gasteiger partial charge in [-0.1, -0.05) is 6.92 Å². The number of aliphatic imine (C=N–C) groups is 1. The molecule has 1 unspecified atom stereocenters. The maximum absolute atomic E-state index is 5.06. The third-order valence-corrected chi connectivity index (χ3v) is 3.75. The zero-order valence-corrected chi connectivity index (χ0v) is 16.2. The van der Waals surface area contributed by atoms with Crippen LogP contribution >= 0.6 is 24.0 Å². The van der Waals surface area contributed by atoms with Crippen LogP contribution < -0.4 is 10.6 Å². The molecule has 1 rings (SSSR count). The Morgan fingerprint density at radius 2 is 1.95 bits per heavy atom. The number of guanidine groups is 1. The van der Waals surface area contributed by atoms with Crippen LogP contribution in [-0.2, 0) is 4.74 Å². The fourth-order valence-corrected chi connectivity index (χ4v) is 2.57. The van der Waals surface area contributed by atoms with Crippen molar-refractivity contribution in [2.45, 2.75) is 45.6 Å². The molecule has 1 saturated heterocycles. The Balaban J connectivity index is 0.00000400. The second-order valence-corrected chi connectivity index (χ2v) is 5.30. The van der Waals surface area contributed by atoms with E-state index in [4.69, 9.17) is 9.73 Å². The number of hydrogen-bond donors (Lipinski definition) is 2. The first kappa shape index (κ1) is 20.9. The Bertz CT molecular complexity index is 270. The molecule has 1 aliphatic rings. The fourth-order valence-electron chi connectivity index (χ4n) is 2.57. The topological polar surface area (TPSA) is 48.9 Å². The Morgan fingerprint density at radius 1 is 1.24 bits per heavy atom. The number of ether oxygens (including phenoxy) is 1. The normalized spacial score (nSPS) is 17.4. The highest BCUT2D eigenvalue weighted by Gasteiger charge is 2.19. The molecule has 0 aromatic rings. The maximum atomic E-state index is 5.06. The van der Waals surface area contributed by atoms with Crippen LogP contribution in [0.1, 0.15) is 39.5 Å². The number of likely N-dealkylation sites (tertiary alicyclic amines) is 1. The van der Waals surface area contributed by atoms with E-state index in [1.807, 2.05) is 0 Å². The summed E-state index contributed by atoms with van der Waals surface area (Å²) in [5.74, 6) is 0.932. The molecule has 0 aromatic heterocycles. The third kappa shape index (κ3) is 8.83. The lowest BCUT2D eigenvalue weighted by Gasteiger charge is -2.25. The number of nitrogens with zero attached hydrogens (tertiary/aromatic N) is 2. The highest BCUT2D eigenvalue weighted by atomic mass is 127. The van der Waals surface area contributed by atoms with Crippen LogP contribution in [0.2, 0.25) is 0 Å². The summed E-state index contributed by atoms with van der Waals surface area (Å²) in [5.41, 5.74) is 0. The van der Waals surface area contributed by atoms with Crippen LogP contribution in [0.5, 0.6) is 0 Å². The van der Waals surface area contributed by atoms with Gasteiger partial charge in [0.2, 0.25) is 0 Å². The van der Waals surface area contributed by atoms with E-state index in [0.29, 0.717) is 6.04 Å². The Labute approximate surface area is 147 Å². The van der Waals surface area contributed by atoms with Crippen LogP contribution in [0.4, 0.5) is 0 Å². The van der Waals surface area contributed by atoms with E-state index < -0.39 is 0 Å². The molecular formula is C15H33IN4O. The molecule has 0 bridgehead atoms. The monoisotopic (exact) mass is 412 g/mol. The van der Waals surface area contributed by atoms with Crippen LogP contribution in [0.25, 0.3) is 0 Å². The van der Waals surface area contributed by atoms with Crippen molar-refractivity contribution in [1.29, 1.82) is 0 Å². The van der Waals surface area contributed by atoms with Gasteiger partial charge in [-0.05, 0) is 45.7 Å². The molecule has 6 heteroatoms. The standard InChI is InChI=1S/C15H32N4O.HI/c1-4-14(19-10-6-7-11-19)13-18-15(16-5-2)17-9-8-12-20-3;/h14H,4-13H2,1-3H3,(H2,16,17,18);1H. The van der Waals surface area contributed by atoms with E-state index in [1.54, 1.807) is 7.11 Å². The van der Waals surface area contributed by atoms with E-state index in [0.717, 1.165) is 38.6 Å². The van der Waals surface area contributed by atoms with Gasteiger partial charge in [-0.3, -0.25) is 9.89 Å². The zero-order valence-electron chi connectivity index (χ0n) is 13.9. The minimum absolute atomic E-state index is 0. The molecule has 0 radical (unpaired) electrons. The lowest BCUT2D eigenvalue weighted by molar-refractivity contribution is 0.195. The number of methoxy groups -OCH3 is 1. The van der Waals surface area contributed by atoms with Gasteiger partial charge >= 0.3 is 0 Å². The van der Waals surface area contributed by atoms with Crippen molar-refractivity contribution in [3.8, 4) is 0 Å². The highest BCUT2D eigenvalue weighted by Crippen LogP contribution is 2.14. The van der Waals surface area contributed by atoms with Crippen molar-refractivity contribution in [2.75, 3.05) is 46.4 Å². The van der Waals surface area contributed by atoms with Crippen LogP contribution in [0.15, 0.2) is 4.99 Å². The van der Waals surface area contributed by atoms with Crippen molar-refractivity contribution in [3.63, 3.8) is 0 Å². The van der Waals surface area contributed by atoms with Gasteiger partial charge in [0.1, 0.15) is 0 Å². The van der Waals surface area contributed by atoms with Gasteiger partial charge in [-0.15, -0.1) is 24.0 Å². The summed E-state index contributed by atoms with van der Waals surface area (Å²) >= 11 is 0. The summed E-state index contributed by atoms with van der Waals surface area (Å²) in [6, 6.07) is 0.590. The highest BCUT2D eigenvalue weighted by molar-refractivity contribution is 14.0. The zero-order chi connectivity index (χ0) is 14.6. The Morgan fingerprint density at radius 3 is 2.52 bits per heavy atom. The first-order valence-corrected chi connectivity index (χ1v) is 8.07. The van der Waals surface area contributed by atoms with Gasteiger partial charge < -0.3 is 15.4 Å². The molecule has 1 atom stereocenters. The number of hydrogen-bond acceptors (Lipinski definition) is 3. The van der Waals surface area contributed by atoms with Gasteiger partial charge in [-0.25, -0.2) is 0 Å². The molecule has 1 aliphatic heterocycles. The Hall–Kier alpha value is -0.0800. The van der Waals surface area contributed by atoms with E-state index >= 15 is 0 Å². The average molecular weight is 412 g/mol. The summed E-state index contributed by atoms with van der Waals surface area (Å²) in [6.07, 6.45) is 4.86. The van der Waals surface area contributed by atoms with E-state index in [-0.39, 0.29) is 24.0 Å². The largest absolute Gasteiger partial charge is 0.385 e. The minimum Gasteiger partial charge on any atom is -0.385 e. The smallest absolute Gasteiger partial charge is 0.191 e. The van der Waals surface area contributed by atoms with Crippen LogP contribution in [0, 0.1) is 0 Å². The molecule has 21 heavy (non-hydrogen) atoms. The number of nitrogens with one attached hydrogen (secondary N) is 2. The van der Waals surface area contributed by atoms with E-state index in [9.17, 15) is 0 Å². The predicted molar refractivity (Wildman–Crippen MR) is 101 cm³/mol. The molecule has 0 saturated carbocycles. The lowest BCUT2D eigenvalue weighted by Crippen LogP contribution is -2.40. The second-order valence-electron chi connectivity index (χ2n) is 5.30. The molecule has 1 heterocycles. The number of halogens is 1. The average Bonchev–Trinajstić information content (AvgIpc) is 2.98. The lowest BCUT2D eigenvalue weighted by atomic mass is 10.2. The summed E-state index contributed by atoms with van der Waals surface area (Å²) in [6.45, 7) is 10.3. The van der Waals surface area contributed by atoms with Gasteiger partial charge in [0.25, 0.3) is 0 Å². The van der Waals surface area contributed by atoms with Gasteiger partial charge in [0.05, 0.1) is 6.54 Å². The van der Waals surface area contributed by atoms with E-state index in [1.165, 1.54) is 32.4 Å². The number of rotatable bonds is 9. The summed E-state index contributed by atoms with van der Waals surface area (Å²) in [5, 5.41) is 6.68. The first-order valence-electron chi connectivity index (χ1n) is 8.07. The van der Waals surface area contributed by atoms with Crippen molar-refractivity contribution in [1.82, 2.24) is 15.5 Å². The molecule has 126 valence electrons. The van der Waals surface area contributed by atoms with Crippen molar-refractivity contribution >= 4 is 29.9 Å². The maximum Gasteiger partial charge on any atom is 0.191 e. The summed E-state index contributed by atoms with van der Waals surface area (Å²) in [7, 11) is 1.74. The minimum atomic E-state index is 0. The SMILES string of the molecule is CCNC(=NCC(CC)N1CCCC1)NCCCOC.I. The summed E-state index contributed by atoms with van der Waals surface area (Å²) < 4.78 is 5.06. The van der Waals surface area contributed by atoms with Crippen molar-refractivity contribution in [3.05, 3.63) is 0 Å².